The Morgan fingerprint density at radius 3 is 2.54 bits per heavy atom. The summed E-state index contributed by atoms with van der Waals surface area (Å²) < 4.78 is 12.9. The minimum absolute atomic E-state index is 0.145. The van der Waals surface area contributed by atoms with Gasteiger partial charge in [-0.05, 0) is 73.5 Å². The summed E-state index contributed by atoms with van der Waals surface area (Å²) in [4.78, 5) is 12.7. The number of thioether (sulfide) groups is 1. The highest BCUT2D eigenvalue weighted by Crippen LogP contribution is 2.31. The average Bonchev–Trinajstić information content (AvgIpc) is 3.32. The van der Waals surface area contributed by atoms with Gasteiger partial charge in [0.1, 0.15) is 11.5 Å². The van der Waals surface area contributed by atoms with Gasteiger partial charge in [-0.2, -0.15) is 0 Å². The van der Waals surface area contributed by atoms with E-state index in [2.05, 4.69) is 15.5 Å². The van der Waals surface area contributed by atoms with E-state index in [4.69, 9.17) is 32.7 Å². The van der Waals surface area contributed by atoms with E-state index in [1.54, 1.807) is 31.4 Å². The topological polar surface area (TPSA) is 78.3 Å². The van der Waals surface area contributed by atoms with Crippen LogP contribution in [-0.2, 0) is 10.5 Å². The van der Waals surface area contributed by atoms with E-state index in [0.717, 1.165) is 22.6 Å². The largest absolute Gasteiger partial charge is 0.497 e. The number of ether oxygens (including phenoxy) is 2. The van der Waals surface area contributed by atoms with Crippen LogP contribution < -0.4 is 14.8 Å². The van der Waals surface area contributed by atoms with E-state index in [1.165, 1.54) is 11.8 Å². The number of benzene rings is 3. The standard InChI is InChI=1S/C27H26Cl2N4O3S/c1-17-7-8-21(29)14-24(17)33-26(18(2)30-25(34)15-36-22-11-9-20(28)10-12-22)31-32-27(33)37-16-19-5-4-6-23(13-19)35-3/h4-14,18H,15-16H2,1-3H3,(H,30,34). The number of carbonyl (C=O) groups excluding carboxylic acids is 1. The molecule has 0 saturated carbocycles. The predicted molar refractivity (Wildman–Crippen MR) is 147 cm³/mol. The molecule has 0 bridgehead atoms. The molecule has 0 aliphatic heterocycles. The Hall–Kier alpha value is -3.20. The van der Waals surface area contributed by atoms with Crippen molar-refractivity contribution in [2.75, 3.05) is 13.7 Å². The summed E-state index contributed by atoms with van der Waals surface area (Å²) in [5.41, 5.74) is 2.93. The van der Waals surface area contributed by atoms with Crippen LogP contribution >= 0.6 is 35.0 Å². The van der Waals surface area contributed by atoms with Crippen molar-refractivity contribution in [1.29, 1.82) is 0 Å². The third-order valence-electron chi connectivity index (χ3n) is 5.52. The lowest BCUT2D eigenvalue weighted by Gasteiger charge is -2.18. The highest BCUT2D eigenvalue weighted by molar-refractivity contribution is 7.98. The van der Waals surface area contributed by atoms with Gasteiger partial charge in [0.15, 0.2) is 17.6 Å². The second-order valence-corrected chi connectivity index (χ2v) is 10.1. The first kappa shape index (κ1) is 26.9. The van der Waals surface area contributed by atoms with Gasteiger partial charge in [0, 0.05) is 15.8 Å². The number of halogens is 2. The SMILES string of the molecule is COc1cccc(CSc2nnc(C(C)NC(=O)COc3ccc(Cl)cc3)n2-c2cc(Cl)ccc2C)c1. The molecule has 0 fully saturated rings. The zero-order valence-electron chi connectivity index (χ0n) is 20.6. The predicted octanol–water partition coefficient (Wildman–Crippen LogP) is 6.44. The highest BCUT2D eigenvalue weighted by atomic mass is 35.5. The molecule has 7 nitrogen and oxygen atoms in total. The van der Waals surface area contributed by atoms with Crippen molar-refractivity contribution in [1.82, 2.24) is 20.1 Å². The number of amides is 1. The van der Waals surface area contributed by atoms with Gasteiger partial charge in [0.2, 0.25) is 0 Å². The summed E-state index contributed by atoms with van der Waals surface area (Å²) in [6.45, 7) is 3.71. The molecule has 1 unspecified atom stereocenters. The number of methoxy groups -OCH3 is 1. The molecule has 0 radical (unpaired) electrons. The zero-order chi connectivity index (χ0) is 26.4. The van der Waals surface area contributed by atoms with E-state index in [1.807, 2.05) is 60.9 Å². The molecule has 0 aliphatic rings. The van der Waals surface area contributed by atoms with Crippen LogP contribution in [0.1, 0.15) is 29.9 Å². The molecule has 37 heavy (non-hydrogen) atoms. The minimum atomic E-state index is -0.446. The van der Waals surface area contributed by atoms with Crippen molar-refractivity contribution in [2.45, 2.75) is 30.8 Å². The molecule has 4 rings (SSSR count). The molecule has 3 aromatic carbocycles. The van der Waals surface area contributed by atoms with E-state index in [9.17, 15) is 4.79 Å². The highest BCUT2D eigenvalue weighted by Gasteiger charge is 2.22. The fourth-order valence-electron chi connectivity index (χ4n) is 3.64. The van der Waals surface area contributed by atoms with Gasteiger partial charge >= 0.3 is 0 Å². The Morgan fingerprint density at radius 1 is 1.03 bits per heavy atom. The lowest BCUT2D eigenvalue weighted by molar-refractivity contribution is -0.123. The van der Waals surface area contributed by atoms with Crippen LogP contribution in [0.3, 0.4) is 0 Å². The molecule has 0 spiro atoms. The molecule has 1 heterocycles. The molecule has 192 valence electrons. The van der Waals surface area contributed by atoms with E-state index in [-0.39, 0.29) is 12.5 Å². The quantitative estimate of drug-likeness (QED) is 0.226. The molecule has 1 N–H and O–H groups in total. The maximum atomic E-state index is 12.7. The Labute approximate surface area is 230 Å². The minimum Gasteiger partial charge on any atom is -0.497 e. The molecular formula is C27H26Cl2N4O3S. The summed E-state index contributed by atoms with van der Waals surface area (Å²) >= 11 is 13.8. The third kappa shape index (κ3) is 6.97. The molecule has 1 amide bonds. The van der Waals surface area contributed by atoms with Gasteiger partial charge in [-0.3, -0.25) is 9.36 Å². The van der Waals surface area contributed by atoms with E-state index < -0.39 is 6.04 Å². The van der Waals surface area contributed by atoms with E-state index >= 15 is 0 Å². The van der Waals surface area contributed by atoms with Gasteiger partial charge in [-0.25, -0.2) is 0 Å². The van der Waals surface area contributed by atoms with Crippen molar-refractivity contribution in [3.63, 3.8) is 0 Å². The average molecular weight is 558 g/mol. The number of rotatable bonds is 10. The molecular weight excluding hydrogens is 531 g/mol. The van der Waals surface area contributed by atoms with Gasteiger partial charge in [-0.15, -0.1) is 10.2 Å². The van der Waals surface area contributed by atoms with Crippen molar-refractivity contribution in [3.8, 4) is 17.2 Å². The molecule has 4 aromatic rings. The van der Waals surface area contributed by atoms with Crippen LogP contribution in [0.25, 0.3) is 5.69 Å². The number of hydrogen-bond acceptors (Lipinski definition) is 6. The van der Waals surface area contributed by atoms with Crippen LogP contribution in [0.5, 0.6) is 11.5 Å². The van der Waals surface area contributed by atoms with Crippen molar-refractivity contribution in [2.24, 2.45) is 0 Å². The number of aryl methyl sites for hydroxylation is 1. The summed E-state index contributed by atoms with van der Waals surface area (Å²) in [6.07, 6.45) is 0. The summed E-state index contributed by atoms with van der Waals surface area (Å²) in [7, 11) is 1.65. The van der Waals surface area contributed by atoms with Crippen LogP contribution in [-0.4, -0.2) is 34.4 Å². The van der Waals surface area contributed by atoms with Crippen LogP contribution in [0.2, 0.25) is 10.0 Å². The fraction of sp³-hybridized carbons (Fsp3) is 0.222. The Kier molecular flexibility index (Phi) is 8.97. The third-order valence-corrected chi connectivity index (χ3v) is 7.01. The molecule has 1 atom stereocenters. The van der Waals surface area contributed by atoms with Gasteiger partial charge in [0.05, 0.1) is 18.8 Å². The Morgan fingerprint density at radius 2 is 1.78 bits per heavy atom. The maximum Gasteiger partial charge on any atom is 0.258 e. The van der Waals surface area contributed by atoms with Gasteiger partial charge in [0.25, 0.3) is 5.91 Å². The second kappa shape index (κ2) is 12.4. The Bertz CT molecular complexity index is 1380. The monoisotopic (exact) mass is 556 g/mol. The molecule has 0 saturated heterocycles. The number of nitrogens with one attached hydrogen (secondary N) is 1. The zero-order valence-corrected chi connectivity index (χ0v) is 22.9. The van der Waals surface area contributed by atoms with Gasteiger partial charge < -0.3 is 14.8 Å². The second-order valence-electron chi connectivity index (χ2n) is 8.28. The number of nitrogens with zero attached hydrogens (tertiary/aromatic N) is 3. The van der Waals surface area contributed by atoms with Crippen molar-refractivity contribution < 1.29 is 14.3 Å². The maximum absolute atomic E-state index is 12.7. The lowest BCUT2D eigenvalue weighted by atomic mass is 10.2. The first-order chi connectivity index (χ1) is 17.8. The smallest absolute Gasteiger partial charge is 0.258 e. The lowest BCUT2D eigenvalue weighted by Crippen LogP contribution is -2.32. The first-order valence-electron chi connectivity index (χ1n) is 11.5. The summed E-state index contributed by atoms with van der Waals surface area (Å²) in [5.74, 6) is 2.30. The molecule has 0 aliphatic carbocycles. The van der Waals surface area contributed by atoms with Gasteiger partial charge in [-0.1, -0.05) is 53.2 Å². The number of carbonyl (C=O) groups is 1. The molecule has 1 aromatic heterocycles. The normalized spacial score (nSPS) is 11.7. The number of aromatic nitrogens is 3. The van der Waals surface area contributed by atoms with Crippen LogP contribution in [0, 0.1) is 6.92 Å². The first-order valence-corrected chi connectivity index (χ1v) is 13.2. The van der Waals surface area contributed by atoms with E-state index in [0.29, 0.717) is 32.5 Å². The van der Waals surface area contributed by atoms with Crippen LogP contribution in [0.4, 0.5) is 0 Å². The van der Waals surface area contributed by atoms with Crippen molar-refractivity contribution in [3.05, 3.63) is 93.7 Å². The summed E-state index contributed by atoms with van der Waals surface area (Å²) in [6, 6.07) is 19.9. The van der Waals surface area contributed by atoms with Crippen LogP contribution in [0.15, 0.2) is 71.9 Å². The molecule has 10 heteroatoms. The Balaban J connectivity index is 1.55. The van der Waals surface area contributed by atoms with Crippen molar-refractivity contribution >= 4 is 40.9 Å². The fourth-order valence-corrected chi connectivity index (χ4v) is 4.83. The number of hydrogen-bond donors (Lipinski definition) is 1. The summed E-state index contributed by atoms with van der Waals surface area (Å²) in [5, 5.41) is 13.7.